The van der Waals surface area contributed by atoms with Gasteiger partial charge in [0, 0.05) is 12.1 Å². The monoisotopic (exact) mass is 220 g/mol. The van der Waals surface area contributed by atoms with Gasteiger partial charge in [0.1, 0.15) is 6.07 Å². The number of para-hydroxylation sites is 1. The molecule has 1 aromatic rings. The maximum atomic E-state index is 8.73. The number of nitriles is 1. The Morgan fingerprint density at radius 3 is 2.81 bits per heavy atom. The summed E-state index contributed by atoms with van der Waals surface area (Å²) in [5.41, 5.74) is 6.46. The van der Waals surface area contributed by atoms with Crippen molar-refractivity contribution < 1.29 is 9.47 Å². The van der Waals surface area contributed by atoms with E-state index in [1.165, 1.54) is 0 Å². The van der Waals surface area contributed by atoms with Crippen LogP contribution < -0.4 is 15.2 Å². The van der Waals surface area contributed by atoms with Crippen LogP contribution in [-0.2, 0) is 6.54 Å². The molecular weight excluding hydrogens is 204 g/mol. The number of benzene rings is 1. The first-order valence-electron chi connectivity index (χ1n) is 5.24. The predicted molar refractivity (Wildman–Crippen MR) is 61.2 cm³/mol. The van der Waals surface area contributed by atoms with Crippen molar-refractivity contribution in [3.63, 3.8) is 0 Å². The summed E-state index contributed by atoms with van der Waals surface area (Å²) >= 11 is 0. The van der Waals surface area contributed by atoms with E-state index in [1.54, 1.807) is 6.92 Å². The zero-order valence-electron chi connectivity index (χ0n) is 9.56. The molecule has 0 bridgehead atoms. The third-order valence-corrected chi connectivity index (χ3v) is 2.06. The Hall–Kier alpha value is -1.73. The van der Waals surface area contributed by atoms with Crippen LogP contribution in [-0.4, -0.2) is 12.7 Å². The molecule has 0 heterocycles. The van der Waals surface area contributed by atoms with Crippen LogP contribution in [0.4, 0.5) is 0 Å². The summed E-state index contributed by atoms with van der Waals surface area (Å²) in [4.78, 5) is 0. The van der Waals surface area contributed by atoms with Gasteiger partial charge in [0.05, 0.1) is 6.61 Å². The molecule has 1 rings (SSSR count). The Kier molecular flexibility index (Phi) is 4.62. The van der Waals surface area contributed by atoms with Crippen LogP contribution in [0.25, 0.3) is 0 Å². The summed E-state index contributed by atoms with van der Waals surface area (Å²) in [6, 6.07) is 7.54. The van der Waals surface area contributed by atoms with Crippen molar-refractivity contribution in [3.8, 4) is 17.6 Å². The fourth-order valence-corrected chi connectivity index (χ4v) is 1.33. The second-order valence-electron chi connectivity index (χ2n) is 3.27. The normalized spacial score (nSPS) is 11.6. The third-order valence-electron chi connectivity index (χ3n) is 2.06. The quantitative estimate of drug-likeness (QED) is 0.822. The molecule has 4 heteroatoms. The molecule has 0 aliphatic heterocycles. The molecule has 16 heavy (non-hydrogen) atoms. The lowest BCUT2D eigenvalue weighted by Crippen LogP contribution is -2.12. The molecule has 1 aromatic carbocycles. The van der Waals surface area contributed by atoms with Gasteiger partial charge in [0.2, 0.25) is 0 Å². The van der Waals surface area contributed by atoms with Crippen LogP contribution in [0.2, 0.25) is 0 Å². The number of nitrogens with zero attached hydrogens (tertiary/aromatic N) is 1. The number of hydrogen-bond acceptors (Lipinski definition) is 4. The van der Waals surface area contributed by atoms with Gasteiger partial charge in [-0.05, 0) is 19.9 Å². The largest absolute Gasteiger partial charge is 0.490 e. The minimum Gasteiger partial charge on any atom is -0.490 e. The standard InChI is InChI=1S/C12H16N2O2/c1-3-15-11-6-4-5-10(8-14)12(11)16-9(2)7-13/h4-6,9H,3,8,14H2,1-2H3. The van der Waals surface area contributed by atoms with E-state index in [-0.39, 0.29) is 0 Å². The summed E-state index contributed by atoms with van der Waals surface area (Å²) in [6.07, 6.45) is -0.521. The minimum atomic E-state index is -0.521. The van der Waals surface area contributed by atoms with Gasteiger partial charge in [0.15, 0.2) is 17.6 Å². The first-order chi connectivity index (χ1) is 7.72. The molecule has 4 nitrogen and oxygen atoms in total. The van der Waals surface area contributed by atoms with Crippen molar-refractivity contribution in [1.82, 2.24) is 0 Å². The second kappa shape index (κ2) is 5.99. The van der Waals surface area contributed by atoms with Crippen LogP contribution in [0.15, 0.2) is 18.2 Å². The summed E-state index contributed by atoms with van der Waals surface area (Å²) in [5.74, 6) is 1.20. The van der Waals surface area contributed by atoms with Crippen LogP contribution in [0.3, 0.4) is 0 Å². The summed E-state index contributed by atoms with van der Waals surface area (Å²) in [6.45, 7) is 4.48. The van der Waals surface area contributed by atoms with Crippen molar-refractivity contribution in [2.24, 2.45) is 5.73 Å². The van der Waals surface area contributed by atoms with E-state index in [9.17, 15) is 0 Å². The molecule has 0 radical (unpaired) electrons. The average molecular weight is 220 g/mol. The van der Waals surface area contributed by atoms with Crippen molar-refractivity contribution in [1.29, 1.82) is 5.26 Å². The van der Waals surface area contributed by atoms with Gasteiger partial charge in [-0.1, -0.05) is 12.1 Å². The van der Waals surface area contributed by atoms with E-state index in [4.69, 9.17) is 20.5 Å². The molecule has 0 saturated carbocycles. The highest BCUT2D eigenvalue weighted by Crippen LogP contribution is 2.31. The molecule has 0 saturated heterocycles. The Morgan fingerprint density at radius 2 is 2.25 bits per heavy atom. The van der Waals surface area contributed by atoms with E-state index in [0.717, 1.165) is 5.56 Å². The number of rotatable bonds is 5. The molecular formula is C12H16N2O2. The number of nitrogens with two attached hydrogens (primary N) is 1. The van der Waals surface area contributed by atoms with Gasteiger partial charge in [-0.15, -0.1) is 0 Å². The van der Waals surface area contributed by atoms with Crippen LogP contribution in [0, 0.1) is 11.3 Å². The SMILES string of the molecule is CCOc1cccc(CN)c1OC(C)C#N. The van der Waals surface area contributed by atoms with E-state index >= 15 is 0 Å². The van der Waals surface area contributed by atoms with E-state index in [1.807, 2.05) is 31.2 Å². The number of hydrogen-bond donors (Lipinski definition) is 1. The maximum Gasteiger partial charge on any atom is 0.181 e. The lowest BCUT2D eigenvalue weighted by Gasteiger charge is -2.16. The third kappa shape index (κ3) is 2.88. The van der Waals surface area contributed by atoms with Crippen LogP contribution in [0.1, 0.15) is 19.4 Å². The van der Waals surface area contributed by atoms with Gasteiger partial charge in [-0.2, -0.15) is 5.26 Å². The zero-order chi connectivity index (χ0) is 12.0. The summed E-state index contributed by atoms with van der Waals surface area (Å²) in [5, 5.41) is 8.73. The molecule has 1 atom stereocenters. The predicted octanol–water partition coefficient (Wildman–Crippen LogP) is 1.83. The average Bonchev–Trinajstić information content (AvgIpc) is 2.31. The highest BCUT2D eigenvalue weighted by Gasteiger charge is 2.12. The molecule has 2 N–H and O–H groups in total. The minimum absolute atomic E-state index is 0.356. The molecule has 0 amide bonds. The number of ether oxygens (including phenoxy) is 2. The van der Waals surface area contributed by atoms with E-state index in [0.29, 0.717) is 24.7 Å². The van der Waals surface area contributed by atoms with Crippen molar-refractivity contribution >= 4 is 0 Å². The topological polar surface area (TPSA) is 68.3 Å². The fraction of sp³-hybridized carbons (Fsp3) is 0.417. The van der Waals surface area contributed by atoms with Gasteiger partial charge < -0.3 is 15.2 Å². The Labute approximate surface area is 95.6 Å². The Balaban J connectivity index is 3.04. The lowest BCUT2D eigenvalue weighted by molar-refractivity contribution is 0.247. The molecule has 0 aliphatic rings. The molecule has 1 unspecified atom stereocenters. The van der Waals surface area contributed by atoms with Crippen molar-refractivity contribution in [2.45, 2.75) is 26.5 Å². The van der Waals surface area contributed by atoms with Crippen molar-refractivity contribution in [2.75, 3.05) is 6.61 Å². The molecule has 0 aliphatic carbocycles. The Morgan fingerprint density at radius 1 is 1.50 bits per heavy atom. The lowest BCUT2D eigenvalue weighted by atomic mass is 10.2. The van der Waals surface area contributed by atoms with Gasteiger partial charge in [0.25, 0.3) is 0 Å². The van der Waals surface area contributed by atoms with E-state index < -0.39 is 6.10 Å². The van der Waals surface area contributed by atoms with Gasteiger partial charge >= 0.3 is 0 Å². The summed E-state index contributed by atoms with van der Waals surface area (Å²) < 4.78 is 10.9. The first-order valence-corrected chi connectivity index (χ1v) is 5.24. The van der Waals surface area contributed by atoms with Crippen molar-refractivity contribution in [3.05, 3.63) is 23.8 Å². The molecule has 0 fully saturated rings. The highest BCUT2D eigenvalue weighted by atomic mass is 16.5. The second-order valence-corrected chi connectivity index (χ2v) is 3.27. The zero-order valence-corrected chi connectivity index (χ0v) is 9.56. The maximum absolute atomic E-state index is 8.73. The van der Waals surface area contributed by atoms with Crippen LogP contribution in [0.5, 0.6) is 11.5 Å². The van der Waals surface area contributed by atoms with Gasteiger partial charge in [-0.25, -0.2) is 0 Å². The summed E-state index contributed by atoms with van der Waals surface area (Å²) in [7, 11) is 0. The van der Waals surface area contributed by atoms with Gasteiger partial charge in [-0.3, -0.25) is 0 Å². The molecule has 0 aromatic heterocycles. The first kappa shape index (κ1) is 12.3. The van der Waals surface area contributed by atoms with E-state index in [2.05, 4.69) is 0 Å². The molecule has 86 valence electrons. The van der Waals surface area contributed by atoms with Crippen LogP contribution >= 0.6 is 0 Å². The Bertz CT molecular complexity index is 385. The highest BCUT2D eigenvalue weighted by molar-refractivity contribution is 5.46. The fourth-order valence-electron chi connectivity index (χ4n) is 1.33. The molecule has 0 spiro atoms. The smallest absolute Gasteiger partial charge is 0.181 e.